The van der Waals surface area contributed by atoms with Crippen LogP contribution in [0.15, 0.2) is 10.9 Å². The number of hydrogen-bond donors (Lipinski definition) is 1. The summed E-state index contributed by atoms with van der Waals surface area (Å²) in [4.78, 5) is 50.3. The lowest BCUT2D eigenvalue weighted by atomic mass is 9.89. The summed E-state index contributed by atoms with van der Waals surface area (Å²) in [5.41, 5.74) is 1.32. The highest BCUT2D eigenvalue weighted by Gasteiger charge is 2.26. The predicted octanol–water partition coefficient (Wildman–Crippen LogP) is 3.05. The molecule has 1 aromatic heterocycles. The number of ether oxygens (including phenoxy) is 2. The summed E-state index contributed by atoms with van der Waals surface area (Å²) >= 11 is 0. The van der Waals surface area contributed by atoms with Crippen molar-refractivity contribution in [2.24, 2.45) is 5.92 Å². The van der Waals surface area contributed by atoms with E-state index in [1.807, 2.05) is 13.8 Å². The summed E-state index contributed by atoms with van der Waals surface area (Å²) in [5, 5.41) is 2.60. The lowest BCUT2D eigenvalue weighted by molar-refractivity contribution is -0.146. The number of carbonyl (C=O) groups is 3. The molecule has 1 aliphatic rings. The van der Waals surface area contributed by atoms with Crippen LogP contribution in [0.5, 0.6) is 0 Å². The first kappa shape index (κ1) is 25.6. The van der Waals surface area contributed by atoms with Gasteiger partial charge in [-0.3, -0.25) is 14.4 Å². The highest BCUT2D eigenvalue weighted by atomic mass is 16.5. The number of hydrogen-bond acceptors (Lipinski definition) is 6. The molecular formula is C24H36N2O6. The number of amides is 1. The van der Waals surface area contributed by atoms with E-state index in [4.69, 9.17) is 9.47 Å². The van der Waals surface area contributed by atoms with Gasteiger partial charge in [0, 0.05) is 18.7 Å². The molecule has 32 heavy (non-hydrogen) atoms. The second kappa shape index (κ2) is 12.4. The van der Waals surface area contributed by atoms with E-state index in [1.165, 1.54) is 19.3 Å². The van der Waals surface area contributed by atoms with Gasteiger partial charge < -0.3 is 19.4 Å². The summed E-state index contributed by atoms with van der Waals surface area (Å²) in [7, 11) is 0. The number of esters is 2. The van der Waals surface area contributed by atoms with Crippen molar-refractivity contribution in [2.45, 2.75) is 85.2 Å². The SMILES string of the molecule is CCOC(=O)CCC(NC(=O)c1cc(C)c(C)n(CC2CCCCC2)c1=O)C(=O)OCC. The van der Waals surface area contributed by atoms with E-state index in [2.05, 4.69) is 5.32 Å². The van der Waals surface area contributed by atoms with Gasteiger partial charge in [0.15, 0.2) is 0 Å². The Kier molecular flexibility index (Phi) is 9.94. The molecule has 0 aromatic carbocycles. The summed E-state index contributed by atoms with van der Waals surface area (Å²) in [5.74, 6) is -1.32. The molecule has 1 aromatic rings. The van der Waals surface area contributed by atoms with Crippen molar-refractivity contribution < 1.29 is 23.9 Å². The summed E-state index contributed by atoms with van der Waals surface area (Å²) in [6, 6.07) is 0.525. The molecule has 2 rings (SSSR count). The minimum Gasteiger partial charge on any atom is -0.466 e. The van der Waals surface area contributed by atoms with Gasteiger partial charge in [-0.15, -0.1) is 0 Å². The molecule has 1 atom stereocenters. The first-order valence-electron chi connectivity index (χ1n) is 11.6. The third-order valence-corrected chi connectivity index (χ3v) is 6.04. The number of nitrogens with one attached hydrogen (secondary N) is 1. The Bertz CT molecular complexity index is 870. The van der Waals surface area contributed by atoms with Crippen molar-refractivity contribution in [2.75, 3.05) is 13.2 Å². The minimum absolute atomic E-state index is 0.00524. The number of aryl methyl sites for hydroxylation is 1. The van der Waals surface area contributed by atoms with Crippen LogP contribution in [0.4, 0.5) is 0 Å². The van der Waals surface area contributed by atoms with Crippen molar-refractivity contribution in [1.82, 2.24) is 9.88 Å². The zero-order valence-electron chi connectivity index (χ0n) is 19.7. The van der Waals surface area contributed by atoms with Gasteiger partial charge in [-0.05, 0) is 64.5 Å². The number of carbonyl (C=O) groups excluding carboxylic acids is 3. The van der Waals surface area contributed by atoms with Crippen LogP contribution >= 0.6 is 0 Å². The molecular weight excluding hydrogens is 412 g/mol. The maximum absolute atomic E-state index is 13.2. The van der Waals surface area contributed by atoms with Crippen molar-refractivity contribution >= 4 is 17.8 Å². The third-order valence-electron chi connectivity index (χ3n) is 6.04. The third kappa shape index (κ3) is 6.93. The van der Waals surface area contributed by atoms with Crippen LogP contribution in [-0.2, 0) is 25.6 Å². The standard InChI is InChI=1S/C24H36N2O6/c1-5-31-21(27)13-12-20(24(30)32-6-2)25-22(28)19-14-16(3)17(4)26(23(19)29)15-18-10-8-7-9-11-18/h14,18,20H,5-13,15H2,1-4H3,(H,25,28). The van der Waals surface area contributed by atoms with Crippen LogP contribution in [0.3, 0.4) is 0 Å². The first-order chi connectivity index (χ1) is 15.3. The molecule has 0 aliphatic heterocycles. The van der Waals surface area contributed by atoms with E-state index in [0.717, 1.165) is 24.1 Å². The van der Waals surface area contributed by atoms with Crippen LogP contribution in [0.25, 0.3) is 0 Å². The zero-order valence-corrected chi connectivity index (χ0v) is 19.7. The van der Waals surface area contributed by atoms with E-state index in [9.17, 15) is 19.2 Å². The van der Waals surface area contributed by atoms with Crippen molar-refractivity contribution in [3.63, 3.8) is 0 Å². The topological polar surface area (TPSA) is 104 Å². The monoisotopic (exact) mass is 448 g/mol. The van der Waals surface area contributed by atoms with Crippen molar-refractivity contribution in [3.05, 3.63) is 33.2 Å². The fourth-order valence-electron chi connectivity index (χ4n) is 4.13. The normalized spacial score (nSPS) is 15.1. The molecule has 178 valence electrons. The molecule has 0 spiro atoms. The second-order valence-electron chi connectivity index (χ2n) is 8.37. The molecule has 0 radical (unpaired) electrons. The number of nitrogens with zero attached hydrogens (tertiary/aromatic N) is 1. The maximum Gasteiger partial charge on any atom is 0.328 e. The molecule has 1 unspecified atom stereocenters. The highest BCUT2D eigenvalue weighted by Crippen LogP contribution is 2.25. The number of aromatic nitrogens is 1. The lowest BCUT2D eigenvalue weighted by Gasteiger charge is -2.24. The van der Waals surface area contributed by atoms with E-state index in [0.29, 0.717) is 12.5 Å². The molecule has 8 nitrogen and oxygen atoms in total. The van der Waals surface area contributed by atoms with Gasteiger partial charge in [-0.1, -0.05) is 19.3 Å². The summed E-state index contributed by atoms with van der Waals surface area (Å²) in [6.45, 7) is 8.09. The molecule has 1 N–H and O–H groups in total. The van der Waals surface area contributed by atoms with Gasteiger partial charge >= 0.3 is 11.9 Å². The average molecular weight is 449 g/mol. The van der Waals surface area contributed by atoms with Crippen LogP contribution in [-0.4, -0.2) is 41.7 Å². The fraction of sp³-hybridized carbons (Fsp3) is 0.667. The molecule has 1 saturated carbocycles. The Morgan fingerprint density at radius 2 is 1.75 bits per heavy atom. The Morgan fingerprint density at radius 3 is 2.38 bits per heavy atom. The minimum atomic E-state index is -1.04. The quantitative estimate of drug-likeness (QED) is 0.552. The summed E-state index contributed by atoms with van der Waals surface area (Å²) in [6.07, 6.45) is 5.72. The van der Waals surface area contributed by atoms with Crippen LogP contribution in [0.2, 0.25) is 0 Å². The van der Waals surface area contributed by atoms with Crippen molar-refractivity contribution in [1.29, 1.82) is 0 Å². The molecule has 1 amide bonds. The molecule has 1 fully saturated rings. The zero-order chi connectivity index (χ0) is 23.7. The van der Waals surface area contributed by atoms with E-state index in [-0.39, 0.29) is 37.2 Å². The molecule has 1 heterocycles. The fourth-order valence-corrected chi connectivity index (χ4v) is 4.13. The second-order valence-corrected chi connectivity index (χ2v) is 8.37. The van der Waals surface area contributed by atoms with Crippen LogP contribution in [0.1, 0.15) is 80.4 Å². The van der Waals surface area contributed by atoms with Gasteiger partial charge in [-0.2, -0.15) is 0 Å². The Balaban J connectivity index is 2.23. The average Bonchev–Trinajstić information content (AvgIpc) is 2.77. The largest absolute Gasteiger partial charge is 0.466 e. The van der Waals surface area contributed by atoms with E-state index >= 15 is 0 Å². The first-order valence-corrected chi connectivity index (χ1v) is 11.6. The maximum atomic E-state index is 13.2. The smallest absolute Gasteiger partial charge is 0.328 e. The number of pyridine rings is 1. The Morgan fingerprint density at radius 1 is 1.09 bits per heavy atom. The predicted molar refractivity (Wildman–Crippen MR) is 121 cm³/mol. The molecule has 1 aliphatic carbocycles. The molecule has 0 saturated heterocycles. The van der Waals surface area contributed by atoms with E-state index < -0.39 is 23.9 Å². The van der Waals surface area contributed by atoms with Gasteiger partial charge in [0.25, 0.3) is 11.5 Å². The van der Waals surface area contributed by atoms with Gasteiger partial charge in [0.2, 0.25) is 0 Å². The van der Waals surface area contributed by atoms with Crippen LogP contribution in [0, 0.1) is 19.8 Å². The van der Waals surface area contributed by atoms with Crippen LogP contribution < -0.4 is 10.9 Å². The summed E-state index contributed by atoms with van der Waals surface area (Å²) < 4.78 is 11.6. The van der Waals surface area contributed by atoms with E-state index in [1.54, 1.807) is 24.5 Å². The highest BCUT2D eigenvalue weighted by molar-refractivity contribution is 5.96. The molecule has 8 heteroatoms. The van der Waals surface area contributed by atoms with Gasteiger partial charge in [0.1, 0.15) is 11.6 Å². The number of rotatable bonds is 10. The van der Waals surface area contributed by atoms with Crippen molar-refractivity contribution in [3.8, 4) is 0 Å². The van der Waals surface area contributed by atoms with Gasteiger partial charge in [-0.25, -0.2) is 4.79 Å². The van der Waals surface area contributed by atoms with Gasteiger partial charge in [0.05, 0.1) is 13.2 Å². The Hall–Kier alpha value is -2.64. The lowest BCUT2D eigenvalue weighted by Crippen LogP contribution is -2.44. The molecule has 0 bridgehead atoms. The Labute approximate surface area is 189 Å².